The van der Waals surface area contributed by atoms with Crippen LogP contribution in [0.5, 0.6) is 0 Å². The van der Waals surface area contributed by atoms with Crippen LogP contribution in [0.3, 0.4) is 0 Å². The zero-order valence-corrected chi connectivity index (χ0v) is 46.5. The van der Waals surface area contributed by atoms with Crippen molar-refractivity contribution in [1.82, 2.24) is 29.8 Å². The van der Waals surface area contributed by atoms with Crippen molar-refractivity contribution in [3.63, 3.8) is 0 Å². The zero-order chi connectivity index (χ0) is 55.3. The molecule has 6 rings (SSSR count). The first-order valence-electron chi connectivity index (χ1n) is 26.8. The molecule has 75 heavy (non-hydrogen) atoms. The molecule has 0 saturated carbocycles. The van der Waals surface area contributed by atoms with E-state index in [-0.39, 0.29) is 25.2 Å². The van der Waals surface area contributed by atoms with Crippen molar-refractivity contribution in [1.29, 1.82) is 0 Å². The number of esters is 1. The number of nitrogens with zero attached hydrogens (tertiary/aromatic N) is 6. The van der Waals surface area contributed by atoms with Crippen LogP contribution >= 0.6 is 0 Å². The first kappa shape index (κ1) is 60.5. The molecular formula is C55H88FN7O12. The number of likely N-dealkylation sites (N-methyl/N-ethyl adjacent to an activating group) is 2. The van der Waals surface area contributed by atoms with Gasteiger partial charge in [0.05, 0.1) is 59.0 Å². The summed E-state index contributed by atoms with van der Waals surface area (Å²) < 4.78 is 54.5. The Morgan fingerprint density at radius 3 is 2.31 bits per heavy atom. The van der Waals surface area contributed by atoms with Crippen molar-refractivity contribution in [2.24, 2.45) is 17.8 Å². The number of carbonyl (C=O) groups is 1. The van der Waals surface area contributed by atoms with E-state index in [2.05, 4.69) is 15.3 Å². The van der Waals surface area contributed by atoms with Gasteiger partial charge in [-0.2, -0.15) is 0 Å². The van der Waals surface area contributed by atoms with Gasteiger partial charge in [0.2, 0.25) is 0 Å². The molecule has 5 heterocycles. The Morgan fingerprint density at radius 1 is 0.973 bits per heavy atom. The van der Waals surface area contributed by atoms with Gasteiger partial charge in [-0.15, -0.1) is 5.10 Å². The van der Waals surface area contributed by atoms with Crippen LogP contribution in [0.4, 0.5) is 10.1 Å². The van der Waals surface area contributed by atoms with E-state index in [0.717, 1.165) is 16.7 Å². The molecule has 422 valence electrons. The van der Waals surface area contributed by atoms with Crippen LogP contribution in [0.15, 0.2) is 48.9 Å². The Morgan fingerprint density at radius 2 is 1.67 bits per heavy atom. The molecule has 1 aromatic carbocycles. The second-order valence-electron chi connectivity index (χ2n) is 22.8. The molecule has 3 aromatic rings. The van der Waals surface area contributed by atoms with Crippen molar-refractivity contribution in [3.8, 4) is 11.1 Å². The lowest BCUT2D eigenvalue weighted by molar-refractivity contribution is -0.318. The summed E-state index contributed by atoms with van der Waals surface area (Å²) >= 11 is 0. The summed E-state index contributed by atoms with van der Waals surface area (Å²) in [5, 5.41) is 68.5. The highest BCUT2D eigenvalue weighted by molar-refractivity contribution is 5.73. The van der Waals surface area contributed by atoms with Gasteiger partial charge in [0.15, 0.2) is 12.6 Å². The second-order valence-corrected chi connectivity index (χ2v) is 22.8. The number of pyridine rings is 1. The molecule has 20 heteroatoms. The number of benzene rings is 1. The van der Waals surface area contributed by atoms with Gasteiger partial charge < -0.3 is 69.5 Å². The van der Waals surface area contributed by atoms with E-state index in [1.807, 2.05) is 68.1 Å². The fourth-order valence-electron chi connectivity index (χ4n) is 11.7. The number of hydrogen-bond donors (Lipinski definition) is 6. The Balaban J connectivity index is 1.24. The number of aromatic nitrogens is 4. The summed E-state index contributed by atoms with van der Waals surface area (Å²) in [4.78, 5) is 22.6. The van der Waals surface area contributed by atoms with Crippen molar-refractivity contribution in [2.45, 2.75) is 204 Å². The standard InChI is InChI=1S/C55H88FN7O12/c1-14-44-55(10,69)48(65)35(6)62(12)29-31(2)24-53(8,68)50(33(4)47(34(5)51(67)73-44)74-45-25-54(9,70-13)49(66)36(7)72-45)75-52-46(64)43(21-32(3)71-52)61(11)20-19-41-30-63(60-59-41)42(26-56)22-37-15-17-38(18-16-37)39-23-40(57)28-58-27-39/h15-18,23,27-28,30-36,42-50,52,64-66,68-69H,14,19-22,24-26,29,57H2,1-13H3/t31-,32-,33+,34-,35-,36+,42+,43+,44-,45+,46-,47+,48-,49+,50-,52+,53-,54-,55-/m1/s1. The zero-order valence-electron chi connectivity index (χ0n) is 46.5. The Hall–Kier alpha value is -3.77. The number of methoxy groups -OCH3 is 1. The SMILES string of the molecule is CC[C@H]1OC(=O)[C@H](C)[C@@H](O[C@H]2C[C@@](C)(OC)[C@@H](O)[C@H](C)O2)[C@H](C)[C@@H](O[C@@H]2O[C@H](C)C[C@H](N(C)CCc3cn([C@H](CF)Cc4ccc(-c5cncc(N)c5)cc4)nn3)[C@H]2O)[C@](C)(O)C[C@@H](C)CN(C)[C@H](C)[C@@H](O)[C@]1(C)O. The predicted octanol–water partition coefficient (Wildman–Crippen LogP) is 4.50. The summed E-state index contributed by atoms with van der Waals surface area (Å²) in [5.74, 6) is -2.86. The molecule has 3 fully saturated rings. The first-order chi connectivity index (χ1) is 35.2. The number of cyclic esters (lactones) is 1. The molecule has 2 aromatic heterocycles. The fraction of sp³-hybridized carbons (Fsp3) is 0.745. The lowest BCUT2D eigenvalue weighted by Crippen LogP contribution is -2.61. The molecule has 3 aliphatic rings. The average molecular weight is 1060 g/mol. The number of rotatable bonds is 15. The van der Waals surface area contributed by atoms with Gasteiger partial charge in [0.25, 0.3) is 0 Å². The monoisotopic (exact) mass is 1060 g/mol. The molecule has 0 unspecified atom stereocenters. The summed E-state index contributed by atoms with van der Waals surface area (Å²) in [7, 11) is 5.22. The summed E-state index contributed by atoms with van der Waals surface area (Å²) in [6, 6.07) is 8.05. The van der Waals surface area contributed by atoms with E-state index in [1.54, 1.807) is 71.7 Å². The minimum atomic E-state index is -1.85. The number of aliphatic hydroxyl groups excluding tert-OH is 3. The van der Waals surface area contributed by atoms with Crippen molar-refractivity contribution < 1.29 is 63.1 Å². The number of carbonyl (C=O) groups excluding carboxylic acids is 1. The van der Waals surface area contributed by atoms with Gasteiger partial charge in [-0.3, -0.25) is 9.78 Å². The van der Waals surface area contributed by atoms with Crippen LogP contribution in [0.25, 0.3) is 11.1 Å². The maximum absolute atomic E-state index is 14.6. The minimum absolute atomic E-state index is 0.0868. The number of aliphatic hydroxyl groups is 5. The first-order valence-corrected chi connectivity index (χ1v) is 26.8. The van der Waals surface area contributed by atoms with Crippen LogP contribution in [0.1, 0.15) is 112 Å². The van der Waals surface area contributed by atoms with Crippen molar-refractivity contribution in [3.05, 3.63) is 60.2 Å². The molecule has 3 aliphatic heterocycles. The lowest BCUT2D eigenvalue weighted by atomic mass is 9.77. The van der Waals surface area contributed by atoms with E-state index in [9.17, 15) is 34.7 Å². The highest BCUT2D eigenvalue weighted by Crippen LogP contribution is 2.40. The van der Waals surface area contributed by atoms with E-state index < -0.39 is 121 Å². The summed E-state index contributed by atoms with van der Waals surface area (Å²) in [6.07, 6.45) is -3.44. The third-order valence-corrected chi connectivity index (χ3v) is 16.5. The van der Waals surface area contributed by atoms with Gasteiger partial charge in [0.1, 0.15) is 36.7 Å². The number of halogens is 1. The molecule has 7 N–H and O–H groups in total. The summed E-state index contributed by atoms with van der Waals surface area (Å²) in [6.45, 7) is 17.7. The van der Waals surface area contributed by atoms with E-state index in [0.29, 0.717) is 43.7 Å². The molecule has 3 saturated heterocycles. The average Bonchev–Trinajstić information content (AvgIpc) is 3.84. The van der Waals surface area contributed by atoms with Gasteiger partial charge in [0, 0.05) is 75.2 Å². The van der Waals surface area contributed by atoms with Crippen LogP contribution in [0.2, 0.25) is 0 Å². The number of hydrogen-bond acceptors (Lipinski definition) is 18. The van der Waals surface area contributed by atoms with Gasteiger partial charge in [-0.05, 0) is 111 Å². The molecule has 0 bridgehead atoms. The minimum Gasteiger partial charge on any atom is -0.459 e. The molecule has 0 spiro atoms. The van der Waals surface area contributed by atoms with Crippen LogP contribution in [0, 0.1) is 17.8 Å². The van der Waals surface area contributed by atoms with Crippen molar-refractivity contribution >= 4 is 11.7 Å². The number of ether oxygens (including phenoxy) is 6. The Kier molecular flexibility index (Phi) is 20.4. The Bertz CT molecular complexity index is 2280. The maximum atomic E-state index is 14.6. The van der Waals surface area contributed by atoms with E-state index in [1.165, 1.54) is 14.0 Å². The third kappa shape index (κ3) is 14.3. The molecule has 19 nitrogen and oxygen atoms in total. The quantitative estimate of drug-likeness (QED) is 0.115. The predicted molar refractivity (Wildman–Crippen MR) is 280 cm³/mol. The van der Waals surface area contributed by atoms with Gasteiger partial charge >= 0.3 is 5.97 Å². The van der Waals surface area contributed by atoms with Crippen molar-refractivity contribution in [2.75, 3.05) is 46.7 Å². The molecular weight excluding hydrogens is 970 g/mol. The third-order valence-electron chi connectivity index (χ3n) is 16.5. The normalized spacial score (nSPS) is 38.4. The summed E-state index contributed by atoms with van der Waals surface area (Å²) in [5.41, 5.74) is 5.34. The molecule has 0 amide bonds. The van der Waals surface area contributed by atoms with Gasteiger partial charge in [-0.1, -0.05) is 50.3 Å². The van der Waals surface area contributed by atoms with Crippen LogP contribution in [-0.2, 0) is 46.1 Å². The second kappa shape index (κ2) is 25.4. The highest BCUT2D eigenvalue weighted by atomic mass is 19.1. The van der Waals surface area contributed by atoms with Crippen LogP contribution in [-0.4, -0.2) is 193 Å². The fourth-order valence-corrected chi connectivity index (χ4v) is 11.7. The van der Waals surface area contributed by atoms with E-state index in [4.69, 9.17) is 34.2 Å². The smallest absolute Gasteiger partial charge is 0.311 e. The molecule has 0 aliphatic carbocycles. The number of nitrogens with two attached hydrogens (primary N) is 1. The highest BCUT2D eigenvalue weighted by Gasteiger charge is 2.53. The largest absolute Gasteiger partial charge is 0.459 e. The number of alkyl halides is 1. The van der Waals surface area contributed by atoms with E-state index >= 15 is 0 Å². The van der Waals surface area contributed by atoms with Crippen LogP contribution < -0.4 is 5.73 Å². The molecule has 19 atom stereocenters. The Labute approximate surface area is 443 Å². The number of anilines is 1. The molecule has 0 radical (unpaired) electrons. The lowest BCUT2D eigenvalue weighted by Gasteiger charge is -2.49. The number of nitrogen functional groups attached to an aromatic ring is 1. The maximum Gasteiger partial charge on any atom is 0.311 e. The van der Waals surface area contributed by atoms with Gasteiger partial charge in [-0.25, -0.2) is 9.07 Å². The topological polar surface area (TPSA) is 250 Å².